The number of piperazine rings is 1. The molecule has 0 aromatic carbocycles. The molecule has 90 valence electrons. The summed E-state index contributed by atoms with van der Waals surface area (Å²) >= 11 is 0. The number of furan rings is 1. The molecule has 0 bridgehead atoms. The Balaban J connectivity index is 1.67. The van der Waals surface area contributed by atoms with Crippen molar-refractivity contribution < 1.29 is 4.42 Å². The fourth-order valence-corrected chi connectivity index (χ4v) is 2.08. The van der Waals surface area contributed by atoms with Crippen molar-refractivity contribution in [2.24, 2.45) is 0 Å². The number of aryl methyl sites for hydroxylation is 1. The summed E-state index contributed by atoms with van der Waals surface area (Å²) in [5.41, 5.74) is 0. The van der Waals surface area contributed by atoms with E-state index in [2.05, 4.69) is 22.6 Å². The summed E-state index contributed by atoms with van der Waals surface area (Å²) in [7, 11) is 2.17. The van der Waals surface area contributed by atoms with Crippen molar-refractivity contribution in [1.29, 1.82) is 0 Å². The molecule has 1 atom stereocenters. The highest BCUT2D eigenvalue weighted by Crippen LogP contribution is 2.05. The van der Waals surface area contributed by atoms with Gasteiger partial charge in [0.1, 0.15) is 11.5 Å². The molecule has 0 saturated carbocycles. The summed E-state index contributed by atoms with van der Waals surface area (Å²) in [6.45, 7) is 7.13. The van der Waals surface area contributed by atoms with Crippen LogP contribution in [0.3, 0.4) is 0 Å². The van der Waals surface area contributed by atoms with Crippen LogP contribution in [0.2, 0.25) is 0 Å². The number of nitrogens with zero attached hydrogens (tertiary/aromatic N) is 1. The Morgan fingerprint density at radius 3 is 3.12 bits per heavy atom. The first-order valence-corrected chi connectivity index (χ1v) is 5.92. The van der Waals surface area contributed by atoms with Gasteiger partial charge >= 0.3 is 0 Å². The zero-order chi connectivity index (χ0) is 11.4. The van der Waals surface area contributed by atoms with E-state index in [4.69, 9.17) is 4.42 Å². The largest absolute Gasteiger partial charge is 0.465 e. The molecule has 4 nitrogen and oxygen atoms in total. The third-order valence-electron chi connectivity index (χ3n) is 2.94. The second-order valence-electron chi connectivity index (χ2n) is 4.56. The predicted octanol–water partition coefficient (Wildman–Crippen LogP) is 0.581. The second kappa shape index (κ2) is 5.48. The van der Waals surface area contributed by atoms with Crippen LogP contribution in [0.25, 0.3) is 0 Å². The van der Waals surface area contributed by atoms with Crippen LogP contribution in [0.5, 0.6) is 0 Å². The van der Waals surface area contributed by atoms with Gasteiger partial charge in [-0.3, -0.25) is 0 Å². The third-order valence-corrected chi connectivity index (χ3v) is 2.94. The van der Waals surface area contributed by atoms with E-state index in [0.717, 1.165) is 44.2 Å². The third kappa shape index (κ3) is 3.33. The maximum atomic E-state index is 5.50. The van der Waals surface area contributed by atoms with Crippen LogP contribution in [0.1, 0.15) is 11.5 Å². The van der Waals surface area contributed by atoms with Gasteiger partial charge in [-0.25, -0.2) is 0 Å². The van der Waals surface area contributed by atoms with Crippen molar-refractivity contribution in [3.05, 3.63) is 23.7 Å². The van der Waals surface area contributed by atoms with Crippen molar-refractivity contribution in [2.45, 2.75) is 19.5 Å². The van der Waals surface area contributed by atoms with E-state index in [-0.39, 0.29) is 0 Å². The van der Waals surface area contributed by atoms with Crippen LogP contribution >= 0.6 is 0 Å². The van der Waals surface area contributed by atoms with E-state index in [1.54, 1.807) is 0 Å². The van der Waals surface area contributed by atoms with Gasteiger partial charge < -0.3 is 20.0 Å². The maximum absolute atomic E-state index is 5.50. The van der Waals surface area contributed by atoms with Crippen molar-refractivity contribution >= 4 is 0 Å². The minimum absolute atomic E-state index is 0.551. The predicted molar refractivity (Wildman–Crippen MR) is 64.4 cm³/mol. The van der Waals surface area contributed by atoms with Gasteiger partial charge in [0, 0.05) is 32.2 Å². The fraction of sp³-hybridized carbons (Fsp3) is 0.667. The molecule has 1 aromatic heterocycles. The highest BCUT2D eigenvalue weighted by molar-refractivity contribution is 5.05. The lowest BCUT2D eigenvalue weighted by Crippen LogP contribution is -2.52. The first-order chi connectivity index (χ1) is 7.74. The molecule has 2 rings (SSSR count). The smallest absolute Gasteiger partial charge is 0.117 e. The molecule has 4 heteroatoms. The Kier molecular flexibility index (Phi) is 3.98. The second-order valence-corrected chi connectivity index (χ2v) is 4.56. The highest BCUT2D eigenvalue weighted by Gasteiger charge is 2.15. The molecular weight excluding hydrogens is 202 g/mol. The summed E-state index contributed by atoms with van der Waals surface area (Å²) in [5.74, 6) is 1.99. The average molecular weight is 223 g/mol. The van der Waals surface area contributed by atoms with Crippen molar-refractivity contribution in [3.63, 3.8) is 0 Å². The summed E-state index contributed by atoms with van der Waals surface area (Å²) in [5, 5.41) is 6.93. The average Bonchev–Trinajstić information content (AvgIpc) is 2.64. The van der Waals surface area contributed by atoms with Crippen molar-refractivity contribution in [2.75, 3.05) is 33.2 Å². The van der Waals surface area contributed by atoms with Gasteiger partial charge in [0.2, 0.25) is 0 Å². The molecule has 1 saturated heterocycles. The van der Waals surface area contributed by atoms with Crippen LogP contribution in [0.15, 0.2) is 16.5 Å². The number of hydrogen-bond acceptors (Lipinski definition) is 4. The zero-order valence-corrected chi connectivity index (χ0v) is 10.1. The zero-order valence-electron chi connectivity index (χ0n) is 10.1. The van der Waals surface area contributed by atoms with Gasteiger partial charge in [-0.2, -0.15) is 0 Å². The molecule has 2 heterocycles. The standard InChI is InChI=1S/C12H21N3O/c1-10-3-4-12(16-10)8-13-7-11-9-15(2)6-5-14-11/h3-4,11,13-14H,5-9H2,1-2H3. The van der Waals surface area contributed by atoms with Crippen LogP contribution in [-0.2, 0) is 6.54 Å². The monoisotopic (exact) mass is 223 g/mol. The summed E-state index contributed by atoms with van der Waals surface area (Å²) in [6.07, 6.45) is 0. The molecule has 2 N–H and O–H groups in total. The van der Waals surface area contributed by atoms with E-state index >= 15 is 0 Å². The lowest BCUT2D eigenvalue weighted by Gasteiger charge is -2.30. The van der Waals surface area contributed by atoms with Crippen LogP contribution in [-0.4, -0.2) is 44.2 Å². The van der Waals surface area contributed by atoms with Crippen molar-refractivity contribution in [3.8, 4) is 0 Å². The quantitative estimate of drug-likeness (QED) is 0.783. The van der Waals surface area contributed by atoms with Gasteiger partial charge in [0.25, 0.3) is 0 Å². The Morgan fingerprint density at radius 1 is 1.56 bits per heavy atom. The van der Waals surface area contributed by atoms with Gasteiger partial charge in [0.15, 0.2) is 0 Å². The SMILES string of the molecule is Cc1ccc(CNCC2CN(C)CCN2)o1. The van der Waals surface area contributed by atoms with Crippen LogP contribution in [0.4, 0.5) is 0 Å². The van der Waals surface area contributed by atoms with E-state index in [1.807, 2.05) is 19.1 Å². The van der Waals surface area contributed by atoms with Crippen LogP contribution in [0, 0.1) is 6.92 Å². The minimum Gasteiger partial charge on any atom is -0.465 e. The molecule has 1 aliphatic rings. The Hall–Kier alpha value is -0.840. The molecule has 0 radical (unpaired) electrons. The molecule has 1 fully saturated rings. The van der Waals surface area contributed by atoms with Gasteiger partial charge in [0.05, 0.1) is 6.54 Å². The van der Waals surface area contributed by atoms with Gasteiger partial charge in [-0.05, 0) is 26.1 Å². The first kappa shape index (κ1) is 11.6. The number of rotatable bonds is 4. The minimum atomic E-state index is 0.551. The maximum Gasteiger partial charge on any atom is 0.117 e. The fourth-order valence-electron chi connectivity index (χ4n) is 2.08. The van der Waals surface area contributed by atoms with E-state index < -0.39 is 0 Å². The molecule has 0 spiro atoms. The van der Waals surface area contributed by atoms with Crippen molar-refractivity contribution in [1.82, 2.24) is 15.5 Å². The molecule has 1 unspecified atom stereocenters. The lowest BCUT2D eigenvalue weighted by atomic mass is 10.2. The van der Waals surface area contributed by atoms with E-state index in [0.29, 0.717) is 6.04 Å². The Labute approximate surface area is 97.0 Å². The summed E-state index contributed by atoms with van der Waals surface area (Å²) < 4.78 is 5.50. The molecule has 1 aromatic rings. The van der Waals surface area contributed by atoms with Gasteiger partial charge in [-0.1, -0.05) is 0 Å². The first-order valence-electron chi connectivity index (χ1n) is 5.92. The Bertz CT molecular complexity index is 324. The van der Waals surface area contributed by atoms with E-state index in [1.165, 1.54) is 0 Å². The molecular formula is C12H21N3O. The number of nitrogens with one attached hydrogen (secondary N) is 2. The summed E-state index contributed by atoms with van der Waals surface area (Å²) in [4.78, 5) is 2.36. The number of likely N-dealkylation sites (N-methyl/N-ethyl adjacent to an activating group) is 1. The highest BCUT2D eigenvalue weighted by atomic mass is 16.3. The Morgan fingerprint density at radius 2 is 2.44 bits per heavy atom. The molecule has 0 amide bonds. The molecule has 0 aliphatic carbocycles. The number of hydrogen-bond donors (Lipinski definition) is 2. The molecule has 1 aliphatic heterocycles. The lowest BCUT2D eigenvalue weighted by molar-refractivity contribution is 0.234. The summed E-state index contributed by atoms with van der Waals surface area (Å²) in [6, 6.07) is 4.58. The van der Waals surface area contributed by atoms with Gasteiger partial charge in [-0.15, -0.1) is 0 Å². The van der Waals surface area contributed by atoms with Crippen LogP contribution < -0.4 is 10.6 Å². The molecule has 16 heavy (non-hydrogen) atoms. The topological polar surface area (TPSA) is 40.4 Å². The normalized spacial score (nSPS) is 22.5. The van der Waals surface area contributed by atoms with E-state index in [9.17, 15) is 0 Å².